The van der Waals surface area contributed by atoms with Crippen LogP contribution in [0, 0.1) is 5.92 Å². The summed E-state index contributed by atoms with van der Waals surface area (Å²) >= 11 is 1.50. The lowest BCUT2D eigenvalue weighted by Crippen LogP contribution is -2.41. The van der Waals surface area contributed by atoms with E-state index in [-0.39, 0.29) is 30.3 Å². The number of hydrogen-bond acceptors (Lipinski definition) is 7. The van der Waals surface area contributed by atoms with Crippen molar-refractivity contribution in [3.8, 4) is 0 Å². The first-order valence-electron chi connectivity index (χ1n) is 10.5. The fourth-order valence-electron chi connectivity index (χ4n) is 4.03. The van der Waals surface area contributed by atoms with Gasteiger partial charge in [-0.2, -0.15) is 0 Å². The van der Waals surface area contributed by atoms with E-state index in [1.54, 1.807) is 6.92 Å². The third-order valence-corrected chi connectivity index (χ3v) is 6.69. The zero-order chi connectivity index (χ0) is 20.8. The molecule has 7 nitrogen and oxygen atoms in total. The van der Waals surface area contributed by atoms with E-state index in [1.807, 2.05) is 11.8 Å². The highest BCUT2D eigenvalue weighted by molar-refractivity contribution is 7.17. The Balaban J connectivity index is 1.60. The van der Waals surface area contributed by atoms with Gasteiger partial charge in [0.15, 0.2) is 0 Å². The number of hydrogen-bond donors (Lipinski definition) is 1. The molecule has 29 heavy (non-hydrogen) atoms. The summed E-state index contributed by atoms with van der Waals surface area (Å²) in [6.45, 7) is 5.92. The highest BCUT2D eigenvalue weighted by Gasteiger charge is 2.29. The minimum absolute atomic E-state index is 0.0753. The second-order valence-electron chi connectivity index (χ2n) is 7.49. The zero-order valence-electron chi connectivity index (χ0n) is 17.3. The summed E-state index contributed by atoms with van der Waals surface area (Å²) in [6, 6.07) is 0. The molecule has 0 saturated carbocycles. The minimum atomic E-state index is -0.350. The molecule has 1 aliphatic carbocycles. The lowest BCUT2D eigenvalue weighted by Gasteiger charge is -2.30. The van der Waals surface area contributed by atoms with Crippen molar-refractivity contribution in [1.29, 1.82) is 0 Å². The van der Waals surface area contributed by atoms with E-state index in [0.29, 0.717) is 49.7 Å². The summed E-state index contributed by atoms with van der Waals surface area (Å²) in [4.78, 5) is 40.2. The van der Waals surface area contributed by atoms with Crippen LogP contribution in [-0.2, 0) is 31.9 Å². The second-order valence-corrected chi connectivity index (χ2v) is 8.59. The Morgan fingerprint density at radius 2 is 1.76 bits per heavy atom. The number of anilines is 1. The number of nitrogens with one attached hydrogen (secondary N) is 1. The van der Waals surface area contributed by atoms with Crippen molar-refractivity contribution in [3.63, 3.8) is 0 Å². The van der Waals surface area contributed by atoms with Gasteiger partial charge in [-0.15, -0.1) is 11.3 Å². The number of carbonyl (C=O) groups excluding carboxylic acids is 3. The third kappa shape index (κ3) is 5.36. The van der Waals surface area contributed by atoms with Crippen LogP contribution in [0.15, 0.2) is 0 Å². The molecule has 0 spiro atoms. The minimum Gasteiger partial charge on any atom is -0.466 e. The Bertz CT molecular complexity index is 752. The van der Waals surface area contributed by atoms with E-state index in [4.69, 9.17) is 9.47 Å². The van der Waals surface area contributed by atoms with Gasteiger partial charge >= 0.3 is 11.9 Å². The standard InChI is InChI=1S/C21H30N2O5S/c1-3-27-20(25)14-9-11-23(12-10-14)13-17(24)22-19-18(21(26)28-4-2)15-7-5-6-8-16(15)29-19/h14H,3-13H2,1-2H3,(H,22,24). The van der Waals surface area contributed by atoms with Gasteiger partial charge in [0.25, 0.3) is 0 Å². The van der Waals surface area contributed by atoms with E-state index >= 15 is 0 Å². The Morgan fingerprint density at radius 1 is 1.07 bits per heavy atom. The molecule has 160 valence electrons. The first kappa shape index (κ1) is 21.8. The number of likely N-dealkylation sites (tertiary alicyclic amines) is 1. The SMILES string of the molecule is CCOC(=O)c1c(NC(=O)CN2CCC(C(=O)OCC)CC2)sc2c1CCCC2. The van der Waals surface area contributed by atoms with Crippen molar-refractivity contribution >= 4 is 34.2 Å². The molecule has 1 saturated heterocycles. The number of carbonyl (C=O) groups is 3. The lowest BCUT2D eigenvalue weighted by atomic mass is 9.95. The van der Waals surface area contributed by atoms with Crippen molar-refractivity contribution < 1.29 is 23.9 Å². The fourth-order valence-corrected chi connectivity index (χ4v) is 5.32. The molecule has 0 radical (unpaired) electrons. The molecule has 1 amide bonds. The van der Waals surface area contributed by atoms with Gasteiger partial charge in [-0.3, -0.25) is 14.5 Å². The molecule has 2 aliphatic rings. The van der Waals surface area contributed by atoms with Crippen molar-refractivity contribution in [1.82, 2.24) is 4.90 Å². The molecule has 2 heterocycles. The lowest BCUT2D eigenvalue weighted by molar-refractivity contribution is -0.149. The van der Waals surface area contributed by atoms with Crippen LogP contribution in [0.5, 0.6) is 0 Å². The number of amides is 1. The van der Waals surface area contributed by atoms with Gasteiger partial charge in [0.1, 0.15) is 5.00 Å². The van der Waals surface area contributed by atoms with E-state index in [2.05, 4.69) is 5.32 Å². The third-order valence-electron chi connectivity index (χ3n) is 5.48. The maximum absolute atomic E-state index is 12.7. The fraction of sp³-hybridized carbons (Fsp3) is 0.667. The smallest absolute Gasteiger partial charge is 0.341 e. The predicted molar refractivity (Wildman–Crippen MR) is 111 cm³/mol. The van der Waals surface area contributed by atoms with Crippen LogP contribution in [0.1, 0.15) is 60.3 Å². The highest BCUT2D eigenvalue weighted by atomic mass is 32.1. The quantitative estimate of drug-likeness (QED) is 0.680. The molecule has 1 N–H and O–H groups in total. The molecule has 1 aromatic heterocycles. The molecule has 1 aliphatic heterocycles. The van der Waals surface area contributed by atoms with Gasteiger partial charge < -0.3 is 14.8 Å². The zero-order valence-corrected chi connectivity index (χ0v) is 18.1. The van der Waals surface area contributed by atoms with Crippen LogP contribution in [0.3, 0.4) is 0 Å². The molecule has 1 aromatic rings. The topological polar surface area (TPSA) is 84.9 Å². The Labute approximate surface area is 175 Å². The number of fused-ring (bicyclic) bond motifs is 1. The second kappa shape index (κ2) is 10.2. The number of nitrogens with zero attached hydrogens (tertiary/aromatic N) is 1. The number of aryl methyl sites for hydroxylation is 1. The monoisotopic (exact) mass is 422 g/mol. The van der Waals surface area contributed by atoms with Gasteiger partial charge in [-0.25, -0.2) is 4.79 Å². The van der Waals surface area contributed by atoms with Crippen LogP contribution in [0.2, 0.25) is 0 Å². The molecule has 0 bridgehead atoms. The number of rotatable bonds is 7. The van der Waals surface area contributed by atoms with E-state index in [9.17, 15) is 14.4 Å². The average Bonchev–Trinajstić information content (AvgIpc) is 3.06. The molecule has 0 unspecified atom stereocenters. The first-order chi connectivity index (χ1) is 14.0. The normalized spacial score (nSPS) is 17.4. The van der Waals surface area contributed by atoms with Gasteiger partial charge in [0.05, 0.1) is 31.2 Å². The first-order valence-corrected chi connectivity index (χ1v) is 11.4. The summed E-state index contributed by atoms with van der Waals surface area (Å²) in [5, 5.41) is 3.57. The summed E-state index contributed by atoms with van der Waals surface area (Å²) < 4.78 is 10.3. The van der Waals surface area contributed by atoms with Crippen LogP contribution in [-0.4, -0.2) is 55.6 Å². The Hall–Kier alpha value is -1.93. The van der Waals surface area contributed by atoms with Crippen molar-refractivity contribution in [3.05, 3.63) is 16.0 Å². The summed E-state index contributed by atoms with van der Waals surface area (Å²) in [5.41, 5.74) is 1.59. The maximum atomic E-state index is 12.7. The Morgan fingerprint density at radius 3 is 2.45 bits per heavy atom. The van der Waals surface area contributed by atoms with Crippen LogP contribution >= 0.6 is 11.3 Å². The van der Waals surface area contributed by atoms with Crippen molar-refractivity contribution in [2.45, 2.75) is 52.4 Å². The van der Waals surface area contributed by atoms with Gasteiger partial charge in [-0.1, -0.05) is 0 Å². The summed E-state index contributed by atoms with van der Waals surface area (Å²) in [5.74, 6) is -0.699. The molecular weight excluding hydrogens is 392 g/mol. The number of ether oxygens (including phenoxy) is 2. The molecule has 0 atom stereocenters. The molecule has 0 aromatic carbocycles. The van der Waals surface area contributed by atoms with Crippen LogP contribution in [0.4, 0.5) is 5.00 Å². The largest absolute Gasteiger partial charge is 0.466 e. The molecule has 3 rings (SSSR count). The summed E-state index contributed by atoms with van der Waals surface area (Å²) in [6.07, 6.45) is 5.37. The number of thiophene rings is 1. The van der Waals surface area contributed by atoms with Crippen LogP contribution < -0.4 is 5.32 Å². The van der Waals surface area contributed by atoms with Crippen molar-refractivity contribution in [2.24, 2.45) is 5.92 Å². The maximum Gasteiger partial charge on any atom is 0.341 e. The summed E-state index contributed by atoms with van der Waals surface area (Å²) in [7, 11) is 0. The van der Waals surface area contributed by atoms with E-state index < -0.39 is 0 Å². The number of esters is 2. The average molecular weight is 423 g/mol. The van der Waals surface area contributed by atoms with Gasteiger partial charge in [0, 0.05) is 4.88 Å². The van der Waals surface area contributed by atoms with E-state index in [0.717, 1.165) is 31.2 Å². The van der Waals surface area contributed by atoms with Gasteiger partial charge in [-0.05, 0) is 71.0 Å². The number of piperidine rings is 1. The molecular formula is C21H30N2O5S. The van der Waals surface area contributed by atoms with Crippen molar-refractivity contribution in [2.75, 3.05) is 38.2 Å². The van der Waals surface area contributed by atoms with Crippen LogP contribution in [0.25, 0.3) is 0 Å². The van der Waals surface area contributed by atoms with Gasteiger partial charge in [0.2, 0.25) is 5.91 Å². The van der Waals surface area contributed by atoms with E-state index in [1.165, 1.54) is 16.2 Å². The predicted octanol–water partition coefficient (Wildman–Crippen LogP) is 3.02. The molecule has 8 heteroatoms. The molecule has 1 fully saturated rings. The highest BCUT2D eigenvalue weighted by Crippen LogP contribution is 2.38. The Kier molecular flexibility index (Phi) is 7.66.